The molecule has 0 aromatic carbocycles. The molecule has 5 nitrogen and oxygen atoms in total. The van der Waals surface area contributed by atoms with Crippen LogP contribution in [0.15, 0.2) is 0 Å². The fourth-order valence-corrected chi connectivity index (χ4v) is 0.361. The summed E-state index contributed by atoms with van der Waals surface area (Å²) in [4.78, 5) is 9.68. The van der Waals surface area contributed by atoms with Crippen molar-refractivity contribution in [3.8, 4) is 0 Å². The van der Waals surface area contributed by atoms with Crippen LogP contribution < -0.4 is 0 Å². The van der Waals surface area contributed by atoms with Crippen molar-refractivity contribution in [1.29, 1.82) is 0 Å². The van der Waals surface area contributed by atoms with Gasteiger partial charge in [0, 0.05) is 6.61 Å². The van der Waals surface area contributed by atoms with Crippen molar-refractivity contribution in [2.45, 2.75) is 38.9 Å². The Morgan fingerprint density at radius 2 is 1.85 bits per heavy atom. The first-order valence-corrected chi connectivity index (χ1v) is 4.15. The third-order valence-corrected chi connectivity index (χ3v) is 1.22. The summed E-state index contributed by atoms with van der Waals surface area (Å²) in [6.45, 7) is 3.34. The van der Waals surface area contributed by atoms with Gasteiger partial charge in [0.1, 0.15) is 0 Å². The van der Waals surface area contributed by atoms with Gasteiger partial charge in [-0.1, -0.05) is 6.92 Å². The first-order valence-electron chi connectivity index (χ1n) is 4.15. The Morgan fingerprint density at radius 1 is 1.38 bits per heavy atom. The maximum atomic E-state index is 9.68. The van der Waals surface area contributed by atoms with Crippen molar-refractivity contribution in [2.24, 2.45) is 0 Å². The van der Waals surface area contributed by atoms with Crippen LogP contribution in [0.5, 0.6) is 0 Å². The molecule has 13 heavy (non-hydrogen) atoms. The van der Waals surface area contributed by atoms with Crippen molar-refractivity contribution in [3.05, 3.63) is 0 Å². The molecule has 0 saturated carbocycles. The van der Waals surface area contributed by atoms with Crippen LogP contribution in [0.4, 0.5) is 0 Å². The lowest BCUT2D eigenvalue weighted by Gasteiger charge is -1.95. The smallest absolute Gasteiger partial charge is 0.332 e. The second-order valence-corrected chi connectivity index (χ2v) is 2.62. The molecule has 0 aliphatic heterocycles. The van der Waals surface area contributed by atoms with Crippen LogP contribution >= 0.6 is 0 Å². The van der Waals surface area contributed by atoms with Crippen LogP contribution in [0.3, 0.4) is 0 Å². The summed E-state index contributed by atoms with van der Waals surface area (Å²) in [7, 11) is 0. The van der Waals surface area contributed by atoms with E-state index in [0.29, 0.717) is 6.42 Å². The van der Waals surface area contributed by atoms with E-state index in [1.807, 2.05) is 0 Å². The van der Waals surface area contributed by atoms with Crippen LogP contribution in [0.2, 0.25) is 0 Å². The highest BCUT2D eigenvalue weighted by atomic mass is 16.4. The number of carboxylic acid groups (broad SMARTS) is 1. The number of rotatable bonds is 4. The summed E-state index contributed by atoms with van der Waals surface area (Å²) in [5, 5.41) is 32.7. The molecule has 4 N–H and O–H groups in total. The predicted octanol–water partition coefficient (Wildman–Crippen LogP) is -0.409. The van der Waals surface area contributed by atoms with Gasteiger partial charge in [-0.3, -0.25) is 0 Å². The van der Waals surface area contributed by atoms with Gasteiger partial charge in [-0.05, 0) is 19.8 Å². The van der Waals surface area contributed by atoms with Crippen molar-refractivity contribution >= 4 is 5.97 Å². The quantitative estimate of drug-likeness (QED) is 0.488. The van der Waals surface area contributed by atoms with Crippen LogP contribution in [0.1, 0.15) is 26.7 Å². The number of aliphatic carboxylic acids is 1. The zero-order chi connectivity index (χ0) is 10.9. The minimum absolute atomic E-state index is 0.0810. The molecule has 0 saturated heterocycles. The zero-order valence-electron chi connectivity index (χ0n) is 7.97. The van der Waals surface area contributed by atoms with Crippen LogP contribution in [0.25, 0.3) is 0 Å². The first kappa shape index (κ1) is 14.9. The van der Waals surface area contributed by atoms with Crippen molar-refractivity contribution in [1.82, 2.24) is 0 Å². The van der Waals surface area contributed by atoms with Crippen molar-refractivity contribution < 1.29 is 25.2 Å². The Hall–Kier alpha value is -0.650. The lowest BCUT2D eigenvalue weighted by Crippen LogP contribution is -2.17. The van der Waals surface area contributed by atoms with E-state index in [-0.39, 0.29) is 19.1 Å². The average Bonchev–Trinajstić information content (AvgIpc) is 2.03. The minimum Gasteiger partial charge on any atom is -0.479 e. The standard InChI is InChI=1S/C4H8O3.C4H10O2/c1-2-3(5)4(6)7;1-4(6)2-3-5/h3,5H,2H2,1H3,(H,6,7);4-6H,2-3H2,1H3/t3-;4-/m11/s1. The second kappa shape index (κ2) is 9.44. The average molecular weight is 194 g/mol. The molecule has 0 aliphatic carbocycles. The van der Waals surface area contributed by atoms with Crippen LogP contribution in [-0.4, -0.2) is 45.2 Å². The van der Waals surface area contributed by atoms with E-state index < -0.39 is 12.1 Å². The molecule has 5 heteroatoms. The molecule has 2 atom stereocenters. The highest BCUT2D eigenvalue weighted by Gasteiger charge is 2.07. The fraction of sp³-hybridized carbons (Fsp3) is 0.875. The maximum Gasteiger partial charge on any atom is 0.332 e. The van der Waals surface area contributed by atoms with E-state index in [2.05, 4.69) is 0 Å². The summed E-state index contributed by atoms with van der Waals surface area (Å²) in [5.74, 6) is -1.15. The molecule has 0 aliphatic rings. The molecule has 80 valence electrons. The molecule has 0 aromatic rings. The summed E-state index contributed by atoms with van der Waals surface area (Å²) in [6.07, 6.45) is -0.773. The number of hydrogen-bond acceptors (Lipinski definition) is 4. The SMILES string of the molecule is CC[C@@H](O)C(=O)O.C[C@@H](O)CCO. The monoisotopic (exact) mass is 194 g/mol. The van der Waals surface area contributed by atoms with Gasteiger partial charge in [0.05, 0.1) is 6.10 Å². The van der Waals surface area contributed by atoms with E-state index in [1.54, 1.807) is 13.8 Å². The van der Waals surface area contributed by atoms with Gasteiger partial charge in [0.2, 0.25) is 0 Å². The molecule has 0 unspecified atom stereocenters. The Bertz CT molecular complexity index is 124. The molecule has 0 radical (unpaired) electrons. The Labute approximate surface area is 77.6 Å². The lowest BCUT2D eigenvalue weighted by atomic mass is 10.3. The molecule has 0 fully saturated rings. The number of aliphatic hydroxyl groups excluding tert-OH is 3. The molecule has 0 rings (SSSR count). The molecule has 0 spiro atoms. The molecule has 0 amide bonds. The van der Waals surface area contributed by atoms with Gasteiger partial charge >= 0.3 is 5.97 Å². The largest absolute Gasteiger partial charge is 0.479 e. The summed E-state index contributed by atoms with van der Waals surface area (Å²) >= 11 is 0. The van der Waals surface area contributed by atoms with Gasteiger partial charge in [0.15, 0.2) is 6.10 Å². The van der Waals surface area contributed by atoms with Crippen molar-refractivity contribution in [3.63, 3.8) is 0 Å². The second-order valence-electron chi connectivity index (χ2n) is 2.62. The number of carboxylic acids is 1. The highest BCUT2D eigenvalue weighted by Crippen LogP contribution is 1.86. The third kappa shape index (κ3) is 14.2. The Balaban J connectivity index is 0. The molecular weight excluding hydrogens is 176 g/mol. The molecule has 0 aromatic heterocycles. The van der Waals surface area contributed by atoms with Gasteiger partial charge < -0.3 is 20.4 Å². The van der Waals surface area contributed by atoms with E-state index >= 15 is 0 Å². The van der Waals surface area contributed by atoms with Gasteiger partial charge in [-0.15, -0.1) is 0 Å². The summed E-state index contributed by atoms with van der Waals surface area (Å²) in [5.41, 5.74) is 0. The lowest BCUT2D eigenvalue weighted by molar-refractivity contribution is -0.146. The van der Waals surface area contributed by atoms with E-state index in [1.165, 1.54) is 0 Å². The summed E-state index contributed by atoms with van der Waals surface area (Å²) in [6, 6.07) is 0. The highest BCUT2D eigenvalue weighted by molar-refractivity contribution is 5.71. The molecular formula is C8H18O5. The number of hydrogen-bond donors (Lipinski definition) is 4. The van der Waals surface area contributed by atoms with E-state index in [9.17, 15) is 4.79 Å². The molecule has 0 heterocycles. The normalized spacial score (nSPS) is 13.9. The summed E-state index contributed by atoms with van der Waals surface area (Å²) < 4.78 is 0. The predicted molar refractivity (Wildman–Crippen MR) is 47.3 cm³/mol. The number of aliphatic hydroxyl groups is 3. The van der Waals surface area contributed by atoms with E-state index in [4.69, 9.17) is 20.4 Å². The van der Waals surface area contributed by atoms with E-state index in [0.717, 1.165) is 0 Å². The Kier molecular flexibility index (Phi) is 10.8. The van der Waals surface area contributed by atoms with Gasteiger partial charge in [0.25, 0.3) is 0 Å². The topological polar surface area (TPSA) is 98.0 Å². The van der Waals surface area contributed by atoms with Crippen LogP contribution in [-0.2, 0) is 4.79 Å². The number of carbonyl (C=O) groups is 1. The fourth-order valence-electron chi connectivity index (χ4n) is 0.361. The van der Waals surface area contributed by atoms with Gasteiger partial charge in [-0.2, -0.15) is 0 Å². The maximum absolute atomic E-state index is 9.68. The first-order chi connectivity index (χ1) is 5.95. The Morgan fingerprint density at radius 3 is 1.85 bits per heavy atom. The third-order valence-electron chi connectivity index (χ3n) is 1.22. The van der Waals surface area contributed by atoms with Crippen LogP contribution in [0, 0.1) is 0 Å². The zero-order valence-corrected chi connectivity index (χ0v) is 7.97. The van der Waals surface area contributed by atoms with Crippen molar-refractivity contribution in [2.75, 3.05) is 6.61 Å². The van der Waals surface area contributed by atoms with Gasteiger partial charge in [-0.25, -0.2) is 4.79 Å². The minimum atomic E-state index is -1.18. The molecule has 0 bridgehead atoms.